The fourth-order valence-electron chi connectivity index (χ4n) is 2.06. The molecule has 0 saturated carbocycles. The molecule has 23 heavy (non-hydrogen) atoms. The van der Waals surface area contributed by atoms with E-state index in [9.17, 15) is 8.42 Å². The molecule has 0 unspecified atom stereocenters. The number of benzene rings is 1. The molecule has 118 valence electrons. The van der Waals surface area contributed by atoms with Crippen molar-refractivity contribution < 1.29 is 8.42 Å². The number of sulfone groups is 1. The van der Waals surface area contributed by atoms with Crippen LogP contribution in [0.3, 0.4) is 0 Å². The molecule has 1 aromatic carbocycles. The van der Waals surface area contributed by atoms with Gasteiger partial charge in [0, 0.05) is 16.9 Å². The first-order valence-corrected chi connectivity index (χ1v) is 9.59. The fourth-order valence-corrected chi connectivity index (χ4v) is 2.99. The third-order valence-corrected chi connectivity index (χ3v) is 4.34. The van der Waals surface area contributed by atoms with Crippen LogP contribution in [0.25, 0.3) is 17.2 Å². The van der Waals surface area contributed by atoms with Crippen LogP contribution in [-0.2, 0) is 15.6 Å². The van der Waals surface area contributed by atoms with Crippen LogP contribution in [0.1, 0.15) is 5.82 Å². The van der Waals surface area contributed by atoms with Gasteiger partial charge in [-0.3, -0.25) is 4.98 Å². The minimum absolute atomic E-state index is 0.192. The van der Waals surface area contributed by atoms with Crippen LogP contribution in [0, 0.1) is 0 Å². The first kappa shape index (κ1) is 15.8. The lowest BCUT2D eigenvalue weighted by atomic mass is 10.3. The second-order valence-corrected chi connectivity index (χ2v) is 8.08. The Kier molecular flexibility index (Phi) is 4.27. The molecule has 0 aliphatic carbocycles. The summed E-state index contributed by atoms with van der Waals surface area (Å²) in [5, 5.41) is 4.43. The highest BCUT2D eigenvalue weighted by atomic mass is 79.9. The summed E-state index contributed by atoms with van der Waals surface area (Å²) in [6.45, 7) is 0. The zero-order valence-corrected chi connectivity index (χ0v) is 14.6. The molecule has 0 saturated heterocycles. The Bertz CT molecular complexity index is 922. The zero-order chi connectivity index (χ0) is 16.4. The van der Waals surface area contributed by atoms with Gasteiger partial charge < -0.3 is 0 Å². The molecule has 0 bridgehead atoms. The Labute approximate surface area is 142 Å². The number of nitrogens with zero attached hydrogens (tertiary/aromatic N) is 4. The number of hydrogen-bond acceptors (Lipinski definition) is 5. The third kappa shape index (κ3) is 3.83. The zero-order valence-electron chi connectivity index (χ0n) is 12.2. The molecular formula is C15H13BrN4O2S. The molecule has 0 atom stereocenters. The number of aromatic nitrogens is 4. The number of rotatable bonds is 4. The summed E-state index contributed by atoms with van der Waals surface area (Å²) in [6, 6.07) is 12.8. The molecule has 2 heterocycles. The lowest BCUT2D eigenvalue weighted by Gasteiger charge is -2.05. The van der Waals surface area contributed by atoms with E-state index in [1.165, 1.54) is 10.9 Å². The molecule has 0 amide bonds. The van der Waals surface area contributed by atoms with Crippen molar-refractivity contribution in [3.8, 4) is 17.2 Å². The van der Waals surface area contributed by atoms with Gasteiger partial charge in [0.05, 0.1) is 5.69 Å². The van der Waals surface area contributed by atoms with Crippen molar-refractivity contribution in [2.45, 2.75) is 5.75 Å². The number of halogens is 1. The molecule has 0 fully saturated rings. The van der Waals surface area contributed by atoms with E-state index >= 15 is 0 Å². The van der Waals surface area contributed by atoms with Gasteiger partial charge in [0.2, 0.25) is 0 Å². The summed E-state index contributed by atoms with van der Waals surface area (Å²) in [7, 11) is -3.24. The van der Waals surface area contributed by atoms with Crippen molar-refractivity contribution in [2.24, 2.45) is 0 Å². The quantitative estimate of drug-likeness (QED) is 0.681. The molecule has 2 aromatic heterocycles. The van der Waals surface area contributed by atoms with Gasteiger partial charge in [-0.15, -0.1) is 5.10 Å². The minimum atomic E-state index is -3.24. The van der Waals surface area contributed by atoms with Crippen molar-refractivity contribution in [1.82, 2.24) is 19.7 Å². The molecule has 3 rings (SSSR count). The molecule has 8 heteroatoms. The van der Waals surface area contributed by atoms with E-state index in [2.05, 4.69) is 31.0 Å². The third-order valence-electron chi connectivity index (χ3n) is 3.03. The Hall–Kier alpha value is -2.06. The molecule has 6 nitrogen and oxygen atoms in total. The second kappa shape index (κ2) is 6.21. The topological polar surface area (TPSA) is 77.7 Å². The molecule has 0 aliphatic heterocycles. The van der Waals surface area contributed by atoms with Crippen molar-refractivity contribution in [1.29, 1.82) is 0 Å². The van der Waals surface area contributed by atoms with E-state index in [0.717, 1.165) is 10.2 Å². The maximum atomic E-state index is 11.7. The van der Waals surface area contributed by atoms with Crippen molar-refractivity contribution in [2.75, 3.05) is 6.26 Å². The first-order valence-electron chi connectivity index (χ1n) is 6.73. The standard InChI is InChI=1S/C15H13BrN4O2S/c1-23(21,22)10-14-18-15(13-4-2-3-9-17-13)19-20(14)12-7-5-11(16)6-8-12/h2-9H,10H2,1H3. The smallest absolute Gasteiger partial charge is 0.200 e. The summed E-state index contributed by atoms with van der Waals surface area (Å²) < 4.78 is 25.8. The fraction of sp³-hybridized carbons (Fsp3) is 0.133. The maximum Gasteiger partial charge on any atom is 0.200 e. The van der Waals surface area contributed by atoms with E-state index in [-0.39, 0.29) is 5.75 Å². The summed E-state index contributed by atoms with van der Waals surface area (Å²) >= 11 is 3.38. The van der Waals surface area contributed by atoms with Gasteiger partial charge in [0.1, 0.15) is 17.3 Å². The average Bonchev–Trinajstić information content (AvgIpc) is 2.91. The van der Waals surface area contributed by atoms with Crippen molar-refractivity contribution >= 4 is 25.8 Å². The van der Waals surface area contributed by atoms with Crippen LogP contribution >= 0.6 is 15.9 Å². The van der Waals surface area contributed by atoms with E-state index in [1.54, 1.807) is 18.3 Å². The van der Waals surface area contributed by atoms with Gasteiger partial charge in [-0.1, -0.05) is 22.0 Å². The number of pyridine rings is 1. The van der Waals surface area contributed by atoms with Gasteiger partial charge in [-0.2, -0.15) is 0 Å². The Morgan fingerprint density at radius 2 is 1.87 bits per heavy atom. The van der Waals surface area contributed by atoms with E-state index < -0.39 is 9.84 Å². The largest absolute Gasteiger partial charge is 0.253 e. The van der Waals surface area contributed by atoms with Crippen LogP contribution in [0.5, 0.6) is 0 Å². The molecule has 0 aliphatic rings. The summed E-state index contributed by atoms with van der Waals surface area (Å²) in [5.74, 6) is 0.561. The lowest BCUT2D eigenvalue weighted by molar-refractivity contribution is 0.598. The van der Waals surface area contributed by atoms with E-state index in [0.29, 0.717) is 17.3 Å². The van der Waals surface area contributed by atoms with Crippen molar-refractivity contribution in [3.63, 3.8) is 0 Å². The predicted molar refractivity (Wildman–Crippen MR) is 90.8 cm³/mol. The summed E-state index contributed by atoms with van der Waals surface area (Å²) in [4.78, 5) is 8.58. The molecule has 0 radical (unpaired) electrons. The normalized spacial score (nSPS) is 11.6. The van der Waals surface area contributed by atoms with Crippen LogP contribution in [0.15, 0.2) is 53.1 Å². The highest BCUT2D eigenvalue weighted by molar-refractivity contribution is 9.10. The molecule has 0 N–H and O–H groups in total. The lowest BCUT2D eigenvalue weighted by Crippen LogP contribution is -2.09. The molecule has 3 aromatic rings. The van der Waals surface area contributed by atoms with Gasteiger partial charge in [0.25, 0.3) is 0 Å². The molecule has 0 spiro atoms. The predicted octanol–water partition coefficient (Wildman–Crippen LogP) is 2.64. The Morgan fingerprint density at radius 1 is 1.13 bits per heavy atom. The van der Waals surface area contributed by atoms with Gasteiger partial charge >= 0.3 is 0 Å². The highest BCUT2D eigenvalue weighted by Gasteiger charge is 2.17. The van der Waals surface area contributed by atoms with Crippen LogP contribution in [0.4, 0.5) is 0 Å². The van der Waals surface area contributed by atoms with Gasteiger partial charge in [-0.25, -0.2) is 18.1 Å². The SMILES string of the molecule is CS(=O)(=O)Cc1nc(-c2ccccn2)nn1-c1ccc(Br)cc1. The monoisotopic (exact) mass is 392 g/mol. The van der Waals surface area contributed by atoms with Crippen LogP contribution in [0.2, 0.25) is 0 Å². The molecular weight excluding hydrogens is 380 g/mol. The Morgan fingerprint density at radius 3 is 2.48 bits per heavy atom. The van der Waals surface area contributed by atoms with Gasteiger partial charge in [0.15, 0.2) is 15.7 Å². The van der Waals surface area contributed by atoms with Crippen molar-refractivity contribution in [3.05, 3.63) is 59.0 Å². The summed E-state index contributed by atoms with van der Waals surface area (Å²) in [5.41, 5.74) is 1.33. The van der Waals surface area contributed by atoms with E-state index in [4.69, 9.17) is 0 Å². The number of hydrogen-bond donors (Lipinski definition) is 0. The van der Waals surface area contributed by atoms with Gasteiger partial charge in [-0.05, 0) is 36.4 Å². The highest BCUT2D eigenvalue weighted by Crippen LogP contribution is 2.19. The van der Waals surface area contributed by atoms with Crippen LogP contribution < -0.4 is 0 Å². The van der Waals surface area contributed by atoms with E-state index in [1.807, 2.05) is 30.3 Å². The second-order valence-electron chi connectivity index (χ2n) is 5.02. The van der Waals surface area contributed by atoms with Crippen LogP contribution in [-0.4, -0.2) is 34.4 Å². The maximum absolute atomic E-state index is 11.7. The first-order chi connectivity index (χ1) is 10.9. The minimum Gasteiger partial charge on any atom is -0.253 e. The summed E-state index contributed by atoms with van der Waals surface area (Å²) in [6.07, 6.45) is 2.82. The average molecular weight is 393 g/mol. The Balaban J connectivity index is 2.12.